The molecule has 1 aliphatic carbocycles. The standard InChI is InChI=1S/C11H8BrClN4O/c1-3-6-7(12)10(17-5-15)11(18-2)8(13)9(6)16-4-14/h3H2,1-2H3. The lowest BCUT2D eigenvalue weighted by atomic mass is 9.98. The monoisotopic (exact) mass is 326 g/mol. The fraction of sp³-hybridized carbons (Fsp3) is 0.273. The topological polar surface area (TPSA) is 81.5 Å². The van der Waals surface area contributed by atoms with Crippen LogP contribution >= 0.6 is 27.5 Å². The average molecular weight is 328 g/mol. The minimum absolute atomic E-state index is 0.174. The number of ether oxygens (including phenoxy) is 1. The fourth-order valence-corrected chi connectivity index (χ4v) is 2.58. The van der Waals surface area contributed by atoms with Gasteiger partial charge >= 0.3 is 0 Å². The van der Waals surface area contributed by atoms with Gasteiger partial charge in [-0.25, -0.2) is 0 Å². The Labute approximate surface area is 118 Å². The van der Waals surface area contributed by atoms with Gasteiger partial charge in [0.05, 0.1) is 11.6 Å². The van der Waals surface area contributed by atoms with E-state index in [1.807, 2.05) is 6.92 Å². The summed E-state index contributed by atoms with van der Waals surface area (Å²) in [5, 5.41) is 17.5. The maximum atomic E-state index is 8.68. The van der Waals surface area contributed by atoms with Crippen LogP contribution in [-0.4, -0.2) is 18.5 Å². The van der Waals surface area contributed by atoms with Crippen LogP contribution in [-0.2, 0) is 4.74 Å². The number of aliphatic imine (C=N–C) groups is 2. The zero-order chi connectivity index (χ0) is 13.7. The van der Waals surface area contributed by atoms with E-state index in [9.17, 15) is 0 Å². The molecule has 5 nitrogen and oxygen atoms in total. The summed E-state index contributed by atoms with van der Waals surface area (Å²) < 4.78 is 5.68. The molecule has 0 saturated carbocycles. The first kappa shape index (κ1) is 14.4. The summed E-state index contributed by atoms with van der Waals surface area (Å²) in [5.74, 6) is 0.219. The number of hydrogen-bond donors (Lipinski definition) is 0. The number of hydrogen-bond acceptors (Lipinski definition) is 5. The predicted octanol–water partition coefficient (Wildman–Crippen LogP) is 3.00. The van der Waals surface area contributed by atoms with E-state index < -0.39 is 0 Å². The number of nitriles is 2. The van der Waals surface area contributed by atoms with E-state index in [2.05, 4.69) is 25.9 Å². The first-order valence-electron chi connectivity index (χ1n) is 4.89. The van der Waals surface area contributed by atoms with Crippen LogP contribution in [0, 0.1) is 22.9 Å². The third-order valence-corrected chi connectivity index (χ3v) is 3.47. The summed E-state index contributed by atoms with van der Waals surface area (Å²) in [6.07, 6.45) is 3.97. The Morgan fingerprint density at radius 1 is 1.28 bits per heavy atom. The Kier molecular flexibility index (Phi) is 5.08. The predicted molar refractivity (Wildman–Crippen MR) is 72.2 cm³/mol. The Morgan fingerprint density at radius 2 is 1.83 bits per heavy atom. The van der Waals surface area contributed by atoms with Crippen molar-refractivity contribution in [3.8, 4) is 12.4 Å². The van der Waals surface area contributed by atoms with Crippen LogP contribution in [0.4, 0.5) is 0 Å². The highest BCUT2D eigenvalue weighted by Crippen LogP contribution is 2.33. The molecule has 0 fully saturated rings. The van der Waals surface area contributed by atoms with E-state index in [4.69, 9.17) is 26.9 Å². The molecule has 1 rings (SSSR count). The molecule has 0 heterocycles. The van der Waals surface area contributed by atoms with Crippen molar-refractivity contribution in [2.45, 2.75) is 13.3 Å². The van der Waals surface area contributed by atoms with Crippen molar-refractivity contribution in [3.63, 3.8) is 0 Å². The maximum absolute atomic E-state index is 8.68. The molecule has 0 saturated heterocycles. The summed E-state index contributed by atoms with van der Waals surface area (Å²) in [4.78, 5) is 7.36. The fourth-order valence-electron chi connectivity index (χ4n) is 1.52. The number of halogens is 2. The second-order valence-electron chi connectivity index (χ2n) is 3.11. The van der Waals surface area contributed by atoms with Gasteiger partial charge in [-0.2, -0.15) is 20.5 Å². The molecule has 0 aliphatic heterocycles. The molecule has 0 spiro atoms. The van der Waals surface area contributed by atoms with E-state index in [1.165, 1.54) is 7.11 Å². The number of allylic oxidation sites excluding steroid dienone is 3. The van der Waals surface area contributed by atoms with E-state index in [0.717, 1.165) is 0 Å². The Morgan fingerprint density at radius 3 is 2.28 bits per heavy atom. The van der Waals surface area contributed by atoms with Gasteiger partial charge < -0.3 is 4.74 Å². The second-order valence-corrected chi connectivity index (χ2v) is 4.29. The summed E-state index contributed by atoms with van der Waals surface area (Å²) in [6.45, 7) is 1.88. The molecule has 0 aromatic carbocycles. The minimum Gasteiger partial charge on any atom is -0.493 e. The SMILES string of the molecule is CCC1=C(Br)C(=NC#N)C(OC)=C(Cl)C1=NC#N. The quantitative estimate of drug-likeness (QED) is 0.577. The highest BCUT2D eigenvalue weighted by molar-refractivity contribution is 9.12. The lowest BCUT2D eigenvalue weighted by Gasteiger charge is -2.20. The van der Waals surface area contributed by atoms with Gasteiger partial charge in [0.15, 0.2) is 5.76 Å². The summed E-state index contributed by atoms with van der Waals surface area (Å²) in [5.41, 5.74) is 1.34. The van der Waals surface area contributed by atoms with Crippen molar-refractivity contribution < 1.29 is 4.74 Å². The van der Waals surface area contributed by atoms with E-state index in [-0.39, 0.29) is 10.8 Å². The van der Waals surface area contributed by atoms with Crippen molar-refractivity contribution in [1.82, 2.24) is 0 Å². The summed E-state index contributed by atoms with van der Waals surface area (Å²) in [6, 6.07) is 0. The van der Waals surface area contributed by atoms with Gasteiger partial charge in [-0.1, -0.05) is 18.5 Å². The zero-order valence-corrected chi connectivity index (χ0v) is 12.0. The van der Waals surface area contributed by atoms with Crippen molar-refractivity contribution in [2.75, 3.05) is 7.11 Å². The van der Waals surface area contributed by atoms with Crippen LogP contribution in [0.15, 0.2) is 30.8 Å². The molecule has 0 amide bonds. The number of methoxy groups -OCH3 is 1. The van der Waals surface area contributed by atoms with Gasteiger partial charge in [0, 0.05) is 0 Å². The van der Waals surface area contributed by atoms with Crippen LogP contribution in [0.1, 0.15) is 13.3 Å². The van der Waals surface area contributed by atoms with Crippen molar-refractivity contribution in [2.24, 2.45) is 9.98 Å². The molecule has 0 bridgehead atoms. The van der Waals surface area contributed by atoms with E-state index >= 15 is 0 Å². The summed E-state index contributed by atoms with van der Waals surface area (Å²) >= 11 is 9.46. The van der Waals surface area contributed by atoms with E-state index in [0.29, 0.717) is 27.9 Å². The minimum atomic E-state index is 0.174. The summed E-state index contributed by atoms with van der Waals surface area (Å²) in [7, 11) is 1.41. The smallest absolute Gasteiger partial charge is 0.206 e. The Balaban J connectivity index is 3.61. The average Bonchev–Trinajstić information content (AvgIpc) is 2.36. The molecular weight excluding hydrogens is 320 g/mol. The van der Waals surface area contributed by atoms with Crippen LogP contribution in [0.3, 0.4) is 0 Å². The van der Waals surface area contributed by atoms with Gasteiger partial charge in [0.1, 0.15) is 16.5 Å². The number of rotatable bonds is 2. The largest absolute Gasteiger partial charge is 0.493 e. The van der Waals surface area contributed by atoms with Crippen molar-refractivity contribution in [3.05, 3.63) is 20.8 Å². The van der Waals surface area contributed by atoms with Crippen LogP contribution in [0.5, 0.6) is 0 Å². The molecule has 0 aromatic rings. The van der Waals surface area contributed by atoms with Crippen LogP contribution < -0.4 is 0 Å². The molecular formula is C11H8BrClN4O. The maximum Gasteiger partial charge on any atom is 0.206 e. The van der Waals surface area contributed by atoms with Gasteiger partial charge in [-0.05, 0) is 27.9 Å². The van der Waals surface area contributed by atoms with Gasteiger partial charge in [0.25, 0.3) is 0 Å². The van der Waals surface area contributed by atoms with Gasteiger partial charge in [-0.3, -0.25) is 0 Å². The number of nitrogens with zero attached hydrogens (tertiary/aromatic N) is 4. The normalized spacial score (nSPS) is 20.1. The molecule has 0 N–H and O–H groups in total. The molecule has 0 aromatic heterocycles. The van der Waals surface area contributed by atoms with Crippen LogP contribution in [0.2, 0.25) is 0 Å². The third-order valence-electron chi connectivity index (χ3n) is 2.26. The van der Waals surface area contributed by atoms with Crippen LogP contribution in [0.25, 0.3) is 0 Å². The second kappa shape index (κ2) is 6.34. The molecule has 1 aliphatic rings. The molecule has 0 atom stereocenters. The molecule has 0 unspecified atom stereocenters. The van der Waals surface area contributed by atoms with Crippen molar-refractivity contribution >= 4 is 39.0 Å². The lowest BCUT2D eigenvalue weighted by molar-refractivity contribution is 0.314. The Hall–Kier alpha value is -1.63. The zero-order valence-electron chi connectivity index (χ0n) is 9.66. The van der Waals surface area contributed by atoms with Gasteiger partial charge in [0.2, 0.25) is 12.4 Å². The molecule has 7 heteroatoms. The first-order valence-corrected chi connectivity index (χ1v) is 6.06. The Bertz CT molecular complexity index is 523. The third kappa shape index (κ3) is 2.45. The first-order chi connectivity index (χ1) is 8.62. The molecule has 18 heavy (non-hydrogen) atoms. The van der Waals surface area contributed by atoms with Gasteiger partial charge in [-0.15, -0.1) is 0 Å². The van der Waals surface area contributed by atoms with E-state index in [1.54, 1.807) is 12.4 Å². The highest BCUT2D eigenvalue weighted by atomic mass is 79.9. The molecule has 92 valence electrons. The van der Waals surface area contributed by atoms with Crippen molar-refractivity contribution in [1.29, 1.82) is 10.5 Å². The lowest BCUT2D eigenvalue weighted by Crippen LogP contribution is -2.21. The molecule has 0 radical (unpaired) electrons. The highest BCUT2D eigenvalue weighted by Gasteiger charge is 2.30.